The molecule has 0 saturated carbocycles. The quantitative estimate of drug-likeness (QED) is 0.468. The number of carbonyl (C=O) groups is 1. The molecule has 1 saturated heterocycles. The van der Waals surface area contributed by atoms with Crippen molar-refractivity contribution in [2.75, 3.05) is 7.11 Å². The summed E-state index contributed by atoms with van der Waals surface area (Å²) in [6.07, 6.45) is 1.49. The molecule has 2 heterocycles. The smallest absolute Gasteiger partial charge is 0.279 e. The summed E-state index contributed by atoms with van der Waals surface area (Å²) in [6.45, 7) is 9.95. The van der Waals surface area contributed by atoms with E-state index in [2.05, 4.69) is 31.8 Å². The van der Waals surface area contributed by atoms with Gasteiger partial charge in [0.25, 0.3) is 5.19 Å². The van der Waals surface area contributed by atoms with E-state index < -0.39 is 5.60 Å². The maximum Gasteiger partial charge on any atom is 0.279 e. The molecule has 0 bridgehead atoms. The molecule has 1 aliphatic heterocycles. The van der Waals surface area contributed by atoms with Gasteiger partial charge in [-0.3, -0.25) is 4.79 Å². The van der Waals surface area contributed by atoms with Crippen LogP contribution in [0.3, 0.4) is 0 Å². The van der Waals surface area contributed by atoms with Crippen molar-refractivity contribution in [3.05, 3.63) is 47.5 Å². The lowest BCUT2D eigenvalue weighted by molar-refractivity contribution is -0.179. The van der Waals surface area contributed by atoms with Crippen molar-refractivity contribution in [2.45, 2.75) is 64.6 Å². The Balaban J connectivity index is 1.68. The number of ether oxygens (including phenoxy) is 3. The molecule has 31 heavy (non-hydrogen) atoms. The molecule has 1 fully saturated rings. The van der Waals surface area contributed by atoms with Gasteiger partial charge in [0.2, 0.25) is 0 Å². The lowest BCUT2D eigenvalue weighted by atomic mass is 9.75. The Hall–Kier alpha value is -2.44. The summed E-state index contributed by atoms with van der Waals surface area (Å²) < 4.78 is 18.5. The minimum Gasteiger partial charge on any atom is -0.497 e. The highest BCUT2D eigenvalue weighted by Crippen LogP contribution is 2.43. The van der Waals surface area contributed by atoms with Crippen LogP contribution in [0.25, 0.3) is 10.2 Å². The summed E-state index contributed by atoms with van der Waals surface area (Å²) in [6, 6.07) is 11.8. The van der Waals surface area contributed by atoms with E-state index in [1.807, 2.05) is 44.2 Å². The SMILES string of the molecule is CCc1ccc(Oc2nc3ccc(OC)cc3s2)cc1C1CC(C)(C)OC(C)(C)C1=O. The van der Waals surface area contributed by atoms with Gasteiger partial charge in [-0.2, -0.15) is 0 Å². The van der Waals surface area contributed by atoms with Crippen LogP contribution in [0.5, 0.6) is 16.7 Å². The number of aryl methyl sites for hydroxylation is 1. The summed E-state index contributed by atoms with van der Waals surface area (Å²) in [5.74, 6) is 1.37. The Morgan fingerprint density at radius 2 is 1.87 bits per heavy atom. The number of benzene rings is 2. The lowest BCUT2D eigenvalue weighted by Gasteiger charge is -2.44. The maximum atomic E-state index is 13.3. The molecule has 5 nitrogen and oxygen atoms in total. The third-order valence-corrected chi connectivity index (χ3v) is 6.69. The molecular formula is C25H29NO4S. The van der Waals surface area contributed by atoms with Crippen LogP contribution in [0.4, 0.5) is 0 Å². The molecule has 6 heteroatoms. The second-order valence-corrected chi connectivity index (χ2v) is 10.1. The van der Waals surface area contributed by atoms with E-state index in [9.17, 15) is 4.79 Å². The van der Waals surface area contributed by atoms with Crippen LogP contribution in [-0.2, 0) is 16.0 Å². The summed E-state index contributed by atoms with van der Waals surface area (Å²) in [4.78, 5) is 17.8. The van der Waals surface area contributed by atoms with Crippen LogP contribution in [-0.4, -0.2) is 29.1 Å². The number of Topliss-reactive ketones (excluding diaryl/α,β-unsaturated/α-hetero) is 1. The van der Waals surface area contributed by atoms with Crippen molar-refractivity contribution in [1.29, 1.82) is 0 Å². The first-order chi connectivity index (χ1) is 14.6. The van der Waals surface area contributed by atoms with Gasteiger partial charge in [-0.25, -0.2) is 4.98 Å². The summed E-state index contributed by atoms with van der Waals surface area (Å²) in [5, 5.41) is 0.567. The minimum atomic E-state index is -0.819. The third-order valence-electron chi connectivity index (χ3n) is 5.79. The average molecular weight is 440 g/mol. The molecule has 0 aliphatic carbocycles. The molecule has 0 amide bonds. The molecule has 1 atom stereocenters. The van der Waals surface area contributed by atoms with Crippen molar-refractivity contribution >= 4 is 27.3 Å². The van der Waals surface area contributed by atoms with Gasteiger partial charge in [0.15, 0.2) is 5.78 Å². The second kappa shape index (κ2) is 7.92. The first-order valence-corrected chi connectivity index (χ1v) is 11.4. The molecule has 3 aromatic rings. The molecular weight excluding hydrogens is 410 g/mol. The fourth-order valence-electron chi connectivity index (χ4n) is 4.48. The standard InChI is InChI=1S/C25H29NO4S/c1-7-15-8-9-17(29-23-26-20-11-10-16(28-6)13-21(20)31-23)12-18(15)19-14-24(2,3)30-25(4,5)22(19)27/h8-13,19H,7,14H2,1-6H3. The van der Waals surface area contributed by atoms with E-state index in [-0.39, 0.29) is 17.3 Å². The Morgan fingerprint density at radius 1 is 1.13 bits per heavy atom. The second-order valence-electron chi connectivity index (χ2n) is 9.12. The maximum absolute atomic E-state index is 13.3. The fraction of sp³-hybridized carbons (Fsp3) is 0.440. The number of thiazole rings is 1. The number of aromatic nitrogens is 1. The van der Waals surface area contributed by atoms with Crippen LogP contribution in [0.2, 0.25) is 0 Å². The van der Waals surface area contributed by atoms with Gasteiger partial charge in [0.1, 0.15) is 17.1 Å². The van der Waals surface area contributed by atoms with Gasteiger partial charge >= 0.3 is 0 Å². The number of hydrogen-bond donors (Lipinski definition) is 0. The molecule has 1 unspecified atom stereocenters. The van der Waals surface area contributed by atoms with Crippen molar-refractivity contribution in [2.24, 2.45) is 0 Å². The molecule has 1 aromatic heterocycles. The Labute approximate surface area is 187 Å². The van der Waals surface area contributed by atoms with Crippen LogP contribution < -0.4 is 9.47 Å². The number of methoxy groups -OCH3 is 1. The van der Waals surface area contributed by atoms with E-state index in [0.29, 0.717) is 17.4 Å². The van der Waals surface area contributed by atoms with E-state index in [0.717, 1.165) is 33.5 Å². The molecule has 0 radical (unpaired) electrons. The highest BCUT2D eigenvalue weighted by molar-refractivity contribution is 7.20. The summed E-state index contributed by atoms with van der Waals surface area (Å²) in [5.41, 5.74) is 1.86. The average Bonchev–Trinajstić information content (AvgIpc) is 3.11. The zero-order chi connectivity index (χ0) is 22.4. The zero-order valence-corrected chi connectivity index (χ0v) is 19.8. The number of nitrogens with zero attached hydrogens (tertiary/aromatic N) is 1. The van der Waals surface area contributed by atoms with E-state index in [1.54, 1.807) is 7.11 Å². The molecule has 2 aromatic carbocycles. The van der Waals surface area contributed by atoms with Gasteiger partial charge in [0, 0.05) is 5.92 Å². The highest BCUT2D eigenvalue weighted by Gasteiger charge is 2.47. The van der Waals surface area contributed by atoms with Gasteiger partial charge in [-0.15, -0.1) is 0 Å². The van der Waals surface area contributed by atoms with Crippen LogP contribution in [0, 0.1) is 0 Å². The van der Waals surface area contributed by atoms with Gasteiger partial charge < -0.3 is 14.2 Å². The van der Waals surface area contributed by atoms with Crippen LogP contribution in [0.15, 0.2) is 36.4 Å². The Morgan fingerprint density at radius 3 is 2.58 bits per heavy atom. The predicted octanol–water partition coefficient (Wildman–Crippen LogP) is 6.29. The zero-order valence-electron chi connectivity index (χ0n) is 18.9. The first-order valence-electron chi connectivity index (χ1n) is 10.6. The molecule has 1 aliphatic rings. The first kappa shape index (κ1) is 21.8. The number of rotatable bonds is 5. The van der Waals surface area contributed by atoms with Crippen LogP contribution in [0.1, 0.15) is 58.1 Å². The monoisotopic (exact) mass is 439 g/mol. The third kappa shape index (κ3) is 4.32. The number of hydrogen-bond acceptors (Lipinski definition) is 6. The topological polar surface area (TPSA) is 57.6 Å². The predicted molar refractivity (Wildman–Crippen MR) is 124 cm³/mol. The minimum absolute atomic E-state index is 0.116. The van der Waals surface area contributed by atoms with Gasteiger partial charge in [-0.1, -0.05) is 24.3 Å². The van der Waals surface area contributed by atoms with Crippen molar-refractivity contribution in [3.8, 4) is 16.7 Å². The largest absolute Gasteiger partial charge is 0.497 e. The molecule has 0 spiro atoms. The van der Waals surface area contributed by atoms with E-state index >= 15 is 0 Å². The van der Waals surface area contributed by atoms with Gasteiger partial charge in [-0.05, 0) is 82.0 Å². The Bertz CT molecular complexity index is 1130. The lowest BCUT2D eigenvalue weighted by Crippen LogP contribution is -2.51. The molecule has 0 N–H and O–H groups in total. The summed E-state index contributed by atoms with van der Waals surface area (Å²) in [7, 11) is 1.65. The van der Waals surface area contributed by atoms with Gasteiger partial charge in [0.05, 0.1) is 22.9 Å². The van der Waals surface area contributed by atoms with Crippen molar-refractivity contribution < 1.29 is 19.0 Å². The van der Waals surface area contributed by atoms with Crippen LogP contribution >= 0.6 is 11.3 Å². The normalized spacial score (nSPS) is 20.1. The fourth-order valence-corrected chi connectivity index (χ4v) is 5.34. The summed E-state index contributed by atoms with van der Waals surface area (Å²) >= 11 is 1.47. The highest BCUT2D eigenvalue weighted by atomic mass is 32.1. The number of fused-ring (bicyclic) bond motifs is 1. The van der Waals surface area contributed by atoms with Crippen molar-refractivity contribution in [1.82, 2.24) is 4.98 Å². The van der Waals surface area contributed by atoms with Crippen molar-refractivity contribution in [3.63, 3.8) is 0 Å². The molecule has 4 rings (SSSR count). The van der Waals surface area contributed by atoms with E-state index in [4.69, 9.17) is 14.2 Å². The number of ketones is 1. The molecule has 164 valence electrons. The Kier molecular flexibility index (Phi) is 5.56. The van der Waals surface area contributed by atoms with E-state index in [1.165, 1.54) is 11.3 Å². The number of carbonyl (C=O) groups excluding carboxylic acids is 1.